The number of methoxy groups -OCH3 is 1. The number of halogens is 2. The summed E-state index contributed by atoms with van der Waals surface area (Å²) in [5, 5.41) is 0. The van der Waals surface area contributed by atoms with E-state index in [2.05, 4.69) is 11.7 Å². The maximum atomic E-state index is 12.2. The van der Waals surface area contributed by atoms with Crippen molar-refractivity contribution >= 4 is 11.8 Å². The van der Waals surface area contributed by atoms with Gasteiger partial charge in [0, 0.05) is 5.75 Å². The number of thioether (sulfide) groups is 1. The first-order valence-corrected chi connectivity index (χ1v) is 7.11. The van der Waals surface area contributed by atoms with Crippen molar-refractivity contribution in [3.05, 3.63) is 23.8 Å². The lowest BCUT2D eigenvalue weighted by Gasteiger charge is -2.12. The number of benzene rings is 1. The molecular weight excluding hydrogens is 272 g/mol. The second-order valence-corrected chi connectivity index (χ2v) is 5.25. The van der Waals surface area contributed by atoms with Crippen molar-refractivity contribution in [3.8, 4) is 11.5 Å². The molecule has 0 aliphatic rings. The summed E-state index contributed by atoms with van der Waals surface area (Å²) in [6.07, 6.45) is 0. The Morgan fingerprint density at radius 1 is 1.32 bits per heavy atom. The average molecular weight is 291 g/mol. The second-order valence-electron chi connectivity index (χ2n) is 4.22. The number of ether oxygens (including phenoxy) is 2. The van der Waals surface area contributed by atoms with Gasteiger partial charge in [-0.15, -0.1) is 0 Å². The van der Waals surface area contributed by atoms with Gasteiger partial charge in [0.25, 0.3) is 0 Å². The van der Waals surface area contributed by atoms with E-state index in [4.69, 9.17) is 10.5 Å². The molecular formula is C13H19F2NO2S. The Morgan fingerprint density at radius 2 is 2.05 bits per heavy atom. The predicted molar refractivity (Wildman–Crippen MR) is 74.0 cm³/mol. The minimum atomic E-state index is -2.85. The zero-order valence-corrected chi connectivity index (χ0v) is 11.9. The van der Waals surface area contributed by atoms with Gasteiger partial charge in [0.15, 0.2) is 11.5 Å². The van der Waals surface area contributed by atoms with Crippen LogP contribution in [0.2, 0.25) is 0 Å². The van der Waals surface area contributed by atoms with Crippen LogP contribution in [0, 0.1) is 5.92 Å². The van der Waals surface area contributed by atoms with Crippen LogP contribution in [0.5, 0.6) is 11.5 Å². The Hall–Kier alpha value is -1.01. The van der Waals surface area contributed by atoms with Gasteiger partial charge in [0.2, 0.25) is 0 Å². The standard InChI is InChI=1S/C13H19F2NO2S/c1-9(6-16)7-19-8-10-3-4-11(18-13(14)15)12(5-10)17-2/h3-5,9,13H,6-8,16H2,1-2H3. The Kier molecular flexibility index (Phi) is 6.94. The van der Waals surface area contributed by atoms with Crippen LogP contribution in [0.15, 0.2) is 18.2 Å². The van der Waals surface area contributed by atoms with Gasteiger partial charge in [-0.25, -0.2) is 0 Å². The minimum Gasteiger partial charge on any atom is -0.493 e. The quantitative estimate of drug-likeness (QED) is 0.799. The summed E-state index contributed by atoms with van der Waals surface area (Å²) in [7, 11) is 1.43. The largest absolute Gasteiger partial charge is 0.493 e. The number of rotatable bonds is 8. The van der Waals surface area contributed by atoms with Gasteiger partial charge in [0.1, 0.15) is 0 Å². The summed E-state index contributed by atoms with van der Waals surface area (Å²) in [6, 6.07) is 4.99. The van der Waals surface area contributed by atoms with E-state index < -0.39 is 6.61 Å². The third-order valence-corrected chi connectivity index (χ3v) is 3.86. The van der Waals surface area contributed by atoms with Crippen LogP contribution in [0.25, 0.3) is 0 Å². The smallest absolute Gasteiger partial charge is 0.387 e. The highest BCUT2D eigenvalue weighted by atomic mass is 32.2. The van der Waals surface area contributed by atoms with Crippen molar-refractivity contribution in [1.29, 1.82) is 0 Å². The SMILES string of the molecule is COc1cc(CSCC(C)CN)ccc1OC(F)F. The molecule has 0 saturated heterocycles. The van der Waals surface area contributed by atoms with E-state index in [0.29, 0.717) is 18.2 Å². The summed E-state index contributed by atoms with van der Waals surface area (Å²) in [5.74, 6) is 2.60. The third kappa shape index (κ3) is 5.65. The minimum absolute atomic E-state index is 0.0570. The topological polar surface area (TPSA) is 44.5 Å². The van der Waals surface area contributed by atoms with Gasteiger partial charge in [-0.05, 0) is 35.9 Å². The lowest BCUT2D eigenvalue weighted by Crippen LogP contribution is -2.12. The summed E-state index contributed by atoms with van der Waals surface area (Å²) in [5.41, 5.74) is 6.55. The molecule has 0 aliphatic heterocycles. The summed E-state index contributed by atoms with van der Waals surface area (Å²) in [4.78, 5) is 0. The first-order valence-electron chi connectivity index (χ1n) is 5.96. The molecule has 0 amide bonds. The Morgan fingerprint density at radius 3 is 2.63 bits per heavy atom. The second kappa shape index (κ2) is 8.22. The summed E-state index contributed by atoms with van der Waals surface area (Å²) >= 11 is 1.75. The first-order chi connectivity index (χ1) is 9.06. The van der Waals surface area contributed by atoms with E-state index in [9.17, 15) is 8.78 Å². The van der Waals surface area contributed by atoms with E-state index in [1.54, 1.807) is 23.9 Å². The molecule has 0 aromatic heterocycles. The van der Waals surface area contributed by atoms with Gasteiger partial charge in [-0.1, -0.05) is 13.0 Å². The molecule has 1 rings (SSSR count). The molecule has 0 aliphatic carbocycles. The molecule has 1 aromatic carbocycles. The maximum absolute atomic E-state index is 12.2. The van der Waals surface area contributed by atoms with E-state index in [1.165, 1.54) is 13.2 Å². The Balaban J connectivity index is 2.61. The van der Waals surface area contributed by atoms with Crippen LogP contribution in [0.4, 0.5) is 8.78 Å². The normalized spacial score (nSPS) is 12.5. The lowest BCUT2D eigenvalue weighted by molar-refractivity contribution is -0.0512. The number of alkyl halides is 2. The molecule has 19 heavy (non-hydrogen) atoms. The fourth-order valence-electron chi connectivity index (χ4n) is 1.44. The molecule has 0 heterocycles. The molecule has 0 bridgehead atoms. The van der Waals surface area contributed by atoms with E-state index >= 15 is 0 Å². The van der Waals surface area contributed by atoms with E-state index in [-0.39, 0.29) is 5.75 Å². The van der Waals surface area contributed by atoms with Crippen LogP contribution in [0.1, 0.15) is 12.5 Å². The molecule has 1 aromatic rings. The lowest BCUT2D eigenvalue weighted by atomic mass is 10.2. The van der Waals surface area contributed by atoms with Crippen molar-refractivity contribution in [2.75, 3.05) is 19.4 Å². The summed E-state index contributed by atoms with van der Waals surface area (Å²) in [6.45, 7) is -0.0930. The fourth-order valence-corrected chi connectivity index (χ4v) is 2.51. The van der Waals surface area contributed by atoms with Crippen LogP contribution in [0.3, 0.4) is 0 Å². The van der Waals surface area contributed by atoms with Crippen molar-refractivity contribution < 1.29 is 18.3 Å². The zero-order valence-electron chi connectivity index (χ0n) is 11.1. The molecule has 0 spiro atoms. The van der Waals surface area contributed by atoms with Crippen LogP contribution in [-0.2, 0) is 5.75 Å². The third-order valence-electron chi connectivity index (χ3n) is 2.52. The molecule has 0 radical (unpaired) electrons. The molecule has 0 fully saturated rings. The Bertz CT molecular complexity index is 391. The molecule has 2 N–H and O–H groups in total. The zero-order chi connectivity index (χ0) is 14.3. The molecule has 3 nitrogen and oxygen atoms in total. The van der Waals surface area contributed by atoms with Crippen LogP contribution < -0.4 is 15.2 Å². The highest BCUT2D eigenvalue weighted by molar-refractivity contribution is 7.98. The van der Waals surface area contributed by atoms with Crippen LogP contribution >= 0.6 is 11.8 Å². The number of hydrogen-bond donors (Lipinski definition) is 1. The van der Waals surface area contributed by atoms with Gasteiger partial charge < -0.3 is 15.2 Å². The molecule has 6 heteroatoms. The molecule has 108 valence electrons. The number of hydrogen-bond acceptors (Lipinski definition) is 4. The predicted octanol–water partition coefficient (Wildman–Crippen LogP) is 3.12. The van der Waals surface area contributed by atoms with E-state index in [1.807, 2.05) is 0 Å². The van der Waals surface area contributed by atoms with Crippen molar-refractivity contribution in [1.82, 2.24) is 0 Å². The van der Waals surface area contributed by atoms with Crippen LogP contribution in [-0.4, -0.2) is 26.0 Å². The fraction of sp³-hybridized carbons (Fsp3) is 0.538. The number of nitrogens with two attached hydrogens (primary N) is 1. The van der Waals surface area contributed by atoms with Gasteiger partial charge in [-0.3, -0.25) is 0 Å². The molecule has 0 saturated carbocycles. The molecule has 1 unspecified atom stereocenters. The van der Waals surface area contributed by atoms with Crippen molar-refractivity contribution in [2.24, 2.45) is 11.7 Å². The van der Waals surface area contributed by atoms with Gasteiger partial charge >= 0.3 is 6.61 Å². The highest BCUT2D eigenvalue weighted by Gasteiger charge is 2.11. The Labute approximate surface area is 116 Å². The maximum Gasteiger partial charge on any atom is 0.387 e. The van der Waals surface area contributed by atoms with Gasteiger partial charge in [0.05, 0.1) is 7.11 Å². The highest BCUT2D eigenvalue weighted by Crippen LogP contribution is 2.30. The first kappa shape index (κ1) is 16.0. The van der Waals surface area contributed by atoms with Gasteiger partial charge in [-0.2, -0.15) is 20.5 Å². The molecule has 1 atom stereocenters. The average Bonchev–Trinajstić information content (AvgIpc) is 2.39. The van der Waals surface area contributed by atoms with E-state index in [0.717, 1.165) is 17.1 Å². The summed E-state index contributed by atoms with van der Waals surface area (Å²) < 4.78 is 33.8. The van der Waals surface area contributed by atoms with Crippen molar-refractivity contribution in [2.45, 2.75) is 19.3 Å². The van der Waals surface area contributed by atoms with Crippen molar-refractivity contribution in [3.63, 3.8) is 0 Å². The monoisotopic (exact) mass is 291 g/mol.